The Balaban J connectivity index is 1.62. The van der Waals surface area contributed by atoms with Crippen LogP contribution in [0, 0.1) is 5.92 Å². The number of likely N-dealkylation sites (tertiary alicyclic amines) is 1. The zero-order valence-corrected chi connectivity index (χ0v) is 15.4. The lowest BCUT2D eigenvalue weighted by atomic mass is 9.97. The molecular formula is C20H21F3N2O3. The van der Waals surface area contributed by atoms with Crippen LogP contribution in [0.1, 0.15) is 29.3 Å². The zero-order chi connectivity index (χ0) is 20.3. The standard InChI is InChI=1S/C20H21F3N2O3/c1-2-13-7-18(4-3-14(13)9-25-10-15(11-25)19(26)27)28-12-17-8-16(5-6-24-17)20(21,22)23/h3-8,15H,2,9-12H2,1H3,(H,26,27). The number of aryl methyl sites for hydroxylation is 1. The predicted molar refractivity (Wildman–Crippen MR) is 95.8 cm³/mol. The number of halogens is 3. The van der Waals surface area contributed by atoms with Gasteiger partial charge in [-0.05, 0) is 41.8 Å². The molecule has 28 heavy (non-hydrogen) atoms. The minimum Gasteiger partial charge on any atom is -0.487 e. The van der Waals surface area contributed by atoms with Gasteiger partial charge in [0.15, 0.2) is 0 Å². The third kappa shape index (κ3) is 4.81. The summed E-state index contributed by atoms with van der Waals surface area (Å²) in [7, 11) is 0. The van der Waals surface area contributed by atoms with Crippen molar-refractivity contribution in [3.63, 3.8) is 0 Å². The average Bonchev–Trinajstić information content (AvgIpc) is 2.62. The lowest BCUT2D eigenvalue weighted by molar-refractivity contribution is -0.147. The number of carboxylic acid groups (broad SMARTS) is 1. The van der Waals surface area contributed by atoms with Crippen LogP contribution in [0.15, 0.2) is 36.5 Å². The Morgan fingerprint density at radius 2 is 2.00 bits per heavy atom. The van der Waals surface area contributed by atoms with Crippen LogP contribution in [0.2, 0.25) is 0 Å². The van der Waals surface area contributed by atoms with Crippen molar-refractivity contribution in [3.05, 3.63) is 58.9 Å². The number of aliphatic carboxylic acids is 1. The van der Waals surface area contributed by atoms with Gasteiger partial charge in [0.1, 0.15) is 12.4 Å². The fraction of sp³-hybridized carbons (Fsp3) is 0.400. The Labute approximate surface area is 160 Å². The van der Waals surface area contributed by atoms with Crippen molar-refractivity contribution in [2.24, 2.45) is 5.92 Å². The van der Waals surface area contributed by atoms with Crippen LogP contribution in [-0.2, 0) is 30.5 Å². The number of nitrogens with zero attached hydrogens (tertiary/aromatic N) is 2. The Morgan fingerprint density at radius 3 is 2.64 bits per heavy atom. The summed E-state index contributed by atoms with van der Waals surface area (Å²) in [5.41, 5.74) is 1.61. The molecule has 1 N–H and O–H groups in total. The van der Waals surface area contributed by atoms with Crippen LogP contribution in [0.3, 0.4) is 0 Å². The van der Waals surface area contributed by atoms with Crippen molar-refractivity contribution >= 4 is 5.97 Å². The van der Waals surface area contributed by atoms with Crippen LogP contribution in [0.25, 0.3) is 0 Å². The van der Waals surface area contributed by atoms with E-state index in [1.807, 2.05) is 19.1 Å². The van der Waals surface area contributed by atoms with E-state index in [1.165, 1.54) is 0 Å². The second-order valence-corrected chi connectivity index (χ2v) is 6.84. The summed E-state index contributed by atoms with van der Waals surface area (Å²) in [4.78, 5) is 16.9. The molecule has 0 atom stereocenters. The van der Waals surface area contributed by atoms with Crippen molar-refractivity contribution in [1.82, 2.24) is 9.88 Å². The molecule has 0 amide bonds. The highest BCUT2D eigenvalue weighted by Crippen LogP contribution is 2.29. The van der Waals surface area contributed by atoms with Crippen molar-refractivity contribution in [2.45, 2.75) is 32.7 Å². The van der Waals surface area contributed by atoms with E-state index >= 15 is 0 Å². The van der Waals surface area contributed by atoms with E-state index in [-0.39, 0.29) is 18.2 Å². The minimum atomic E-state index is -4.41. The van der Waals surface area contributed by atoms with E-state index in [2.05, 4.69) is 9.88 Å². The molecule has 2 heterocycles. The topological polar surface area (TPSA) is 62.7 Å². The molecule has 0 unspecified atom stereocenters. The van der Waals surface area contributed by atoms with E-state index in [0.29, 0.717) is 25.4 Å². The first kappa shape index (κ1) is 20.1. The first-order chi connectivity index (χ1) is 13.3. The third-order valence-corrected chi connectivity index (χ3v) is 4.79. The molecule has 0 aliphatic carbocycles. The normalized spacial score (nSPS) is 15.3. The van der Waals surface area contributed by atoms with Gasteiger partial charge >= 0.3 is 12.1 Å². The minimum absolute atomic E-state index is 0.0567. The highest BCUT2D eigenvalue weighted by Gasteiger charge is 2.32. The first-order valence-corrected chi connectivity index (χ1v) is 8.98. The second-order valence-electron chi connectivity index (χ2n) is 6.84. The van der Waals surface area contributed by atoms with Gasteiger partial charge in [0, 0.05) is 25.8 Å². The van der Waals surface area contributed by atoms with E-state index in [4.69, 9.17) is 9.84 Å². The number of rotatable bonds is 7. The Hall–Kier alpha value is -2.61. The molecule has 2 aromatic rings. The maximum absolute atomic E-state index is 12.8. The van der Waals surface area contributed by atoms with Gasteiger partial charge in [0.2, 0.25) is 0 Å². The third-order valence-electron chi connectivity index (χ3n) is 4.79. The molecule has 3 rings (SSSR count). The largest absolute Gasteiger partial charge is 0.487 e. The molecule has 1 aromatic carbocycles. The summed E-state index contributed by atoms with van der Waals surface area (Å²) in [5, 5.41) is 8.96. The van der Waals surface area contributed by atoms with Gasteiger partial charge in [-0.25, -0.2) is 0 Å². The maximum Gasteiger partial charge on any atom is 0.416 e. The molecule has 150 valence electrons. The summed E-state index contributed by atoms with van der Waals surface area (Å²) in [6.45, 7) is 3.70. The van der Waals surface area contributed by atoms with Crippen LogP contribution >= 0.6 is 0 Å². The van der Waals surface area contributed by atoms with Crippen molar-refractivity contribution in [2.75, 3.05) is 13.1 Å². The van der Waals surface area contributed by atoms with E-state index < -0.39 is 17.7 Å². The summed E-state index contributed by atoms with van der Waals surface area (Å²) in [5.74, 6) is -0.501. The lowest BCUT2D eigenvalue weighted by Crippen LogP contribution is -2.49. The smallest absolute Gasteiger partial charge is 0.416 e. The fourth-order valence-electron chi connectivity index (χ4n) is 3.16. The number of carbonyl (C=O) groups is 1. The summed E-state index contributed by atoms with van der Waals surface area (Å²) < 4.78 is 44.0. The number of ether oxygens (including phenoxy) is 1. The van der Waals surface area contributed by atoms with E-state index in [0.717, 1.165) is 35.9 Å². The van der Waals surface area contributed by atoms with Crippen LogP contribution < -0.4 is 4.74 Å². The number of pyridine rings is 1. The molecule has 0 saturated carbocycles. The Bertz CT molecular complexity index is 849. The highest BCUT2D eigenvalue weighted by molar-refractivity contribution is 5.71. The van der Waals surface area contributed by atoms with Gasteiger partial charge in [-0.2, -0.15) is 13.2 Å². The molecule has 1 aliphatic rings. The summed E-state index contributed by atoms with van der Waals surface area (Å²) in [6.07, 6.45) is -2.52. The number of benzene rings is 1. The van der Waals surface area contributed by atoms with E-state index in [1.54, 1.807) is 6.07 Å². The summed E-state index contributed by atoms with van der Waals surface area (Å²) in [6, 6.07) is 7.48. The Morgan fingerprint density at radius 1 is 1.25 bits per heavy atom. The molecule has 0 bridgehead atoms. The molecule has 1 aliphatic heterocycles. The maximum atomic E-state index is 12.8. The zero-order valence-electron chi connectivity index (χ0n) is 15.4. The molecule has 0 radical (unpaired) electrons. The quantitative estimate of drug-likeness (QED) is 0.775. The number of alkyl halides is 3. The summed E-state index contributed by atoms with van der Waals surface area (Å²) >= 11 is 0. The fourth-order valence-corrected chi connectivity index (χ4v) is 3.16. The lowest BCUT2D eigenvalue weighted by Gasteiger charge is -2.37. The van der Waals surface area contributed by atoms with Crippen molar-refractivity contribution in [1.29, 1.82) is 0 Å². The predicted octanol–water partition coefficient (Wildman–Crippen LogP) is 3.76. The second kappa shape index (κ2) is 8.18. The number of carboxylic acids is 1. The molecule has 1 saturated heterocycles. The van der Waals surface area contributed by atoms with Gasteiger partial charge in [-0.1, -0.05) is 13.0 Å². The number of aromatic nitrogens is 1. The van der Waals surface area contributed by atoms with Crippen molar-refractivity contribution in [3.8, 4) is 5.75 Å². The monoisotopic (exact) mass is 394 g/mol. The van der Waals surface area contributed by atoms with Gasteiger partial charge in [0.05, 0.1) is 17.2 Å². The molecule has 1 fully saturated rings. The van der Waals surface area contributed by atoms with Gasteiger partial charge in [-0.15, -0.1) is 0 Å². The molecule has 0 spiro atoms. The molecule has 1 aromatic heterocycles. The van der Waals surface area contributed by atoms with Crippen LogP contribution in [0.5, 0.6) is 5.75 Å². The molecule has 8 heteroatoms. The average molecular weight is 394 g/mol. The van der Waals surface area contributed by atoms with Gasteiger partial charge in [-0.3, -0.25) is 14.7 Å². The van der Waals surface area contributed by atoms with Gasteiger partial charge in [0.25, 0.3) is 0 Å². The molecule has 5 nitrogen and oxygen atoms in total. The van der Waals surface area contributed by atoms with E-state index in [9.17, 15) is 18.0 Å². The number of hydrogen-bond acceptors (Lipinski definition) is 4. The Kier molecular flexibility index (Phi) is 5.88. The highest BCUT2D eigenvalue weighted by atomic mass is 19.4. The SMILES string of the molecule is CCc1cc(OCc2cc(C(F)(F)F)ccn2)ccc1CN1CC(C(=O)O)C1. The van der Waals surface area contributed by atoms with Crippen LogP contribution in [0.4, 0.5) is 13.2 Å². The van der Waals surface area contributed by atoms with Gasteiger partial charge < -0.3 is 9.84 Å². The first-order valence-electron chi connectivity index (χ1n) is 8.98. The van der Waals surface area contributed by atoms with Crippen LogP contribution in [-0.4, -0.2) is 34.0 Å². The molecular weight excluding hydrogens is 373 g/mol. The number of hydrogen-bond donors (Lipinski definition) is 1. The van der Waals surface area contributed by atoms with Crippen molar-refractivity contribution < 1.29 is 27.8 Å².